The van der Waals surface area contributed by atoms with Crippen molar-refractivity contribution in [1.82, 2.24) is 0 Å². The van der Waals surface area contributed by atoms with E-state index in [1.54, 1.807) is 0 Å². The summed E-state index contributed by atoms with van der Waals surface area (Å²) in [4.78, 5) is 0. The molecule has 2 saturated heterocycles. The molecule has 0 saturated carbocycles. The fourth-order valence-corrected chi connectivity index (χ4v) is 5.52. The molecule has 0 aromatic heterocycles. The maximum atomic E-state index is 6.41. The van der Waals surface area contributed by atoms with Crippen molar-refractivity contribution in [3.63, 3.8) is 0 Å². The van der Waals surface area contributed by atoms with Crippen LogP contribution in [0.5, 0.6) is 0 Å². The first kappa shape index (κ1) is 30.1. The third-order valence-electron chi connectivity index (χ3n) is 8.95. The van der Waals surface area contributed by atoms with Gasteiger partial charge in [-0.3, -0.25) is 0 Å². The summed E-state index contributed by atoms with van der Waals surface area (Å²) in [5.74, 6) is 10.2. The first-order chi connectivity index (χ1) is 18.9. The van der Waals surface area contributed by atoms with Crippen molar-refractivity contribution in [2.45, 2.75) is 84.7 Å². The zero-order chi connectivity index (χ0) is 30.2. The predicted molar refractivity (Wildman–Crippen MR) is 178 cm³/mol. The van der Waals surface area contributed by atoms with E-state index in [2.05, 4.69) is 134 Å². The summed E-state index contributed by atoms with van der Waals surface area (Å²) in [7, 11) is -1.98. The van der Waals surface area contributed by atoms with Gasteiger partial charge in [0.05, 0.1) is 22.4 Å². The summed E-state index contributed by atoms with van der Waals surface area (Å²) >= 11 is 0. The van der Waals surface area contributed by atoms with E-state index in [-0.39, 0.29) is 0 Å². The second-order valence-electron chi connectivity index (χ2n) is 14.0. The van der Waals surface area contributed by atoms with Crippen LogP contribution in [0.25, 0.3) is 21.5 Å². The predicted octanol–water partition coefficient (Wildman–Crippen LogP) is 5.97. The number of fused-ring (bicyclic) bond motifs is 2. The van der Waals surface area contributed by atoms with Crippen molar-refractivity contribution in [3.8, 4) is 23.0 Å². The quantitative estimate of drug-likeness (QED) is 0.217. The summed E-state index contributed by atoms with van der Waals surface area (Å²) in [6, 6.07) is 12.9. The van der Waals surface area contributed by atoms with Crippen LogP contribution in [0.1, 0.15) is 73.4 Å². The van der Waals surface area contributed by atoms with Crippen LogP contribution < -0.4 is 10.9 Å². The normalized spacial score (nSPS) is 21.0. The Balaban J connectivity index is 1.76. The van der Waals surface area contributed by atoms with E-state index in [9.17, 15) is 0 Å². The average Bonchev–Trinajstić information content (AvgIpc) is 3.21. The number of hydrogen-bond donors (Lipinski definition) is 0. The molecule has 4 nitrogen and oxygen atoms in total. The minimum absolute atomic E-state index is 0.419. The lowest BCUT2D eigenvalue weighted by atomic mass is 9.75. The molecule has 0 bridgehead atoms. The van der Waals surface area contributed by atoms with Crippen LogP contribution >= 0.6 is 10.0 Å². The lowest BCUT2D eigenvalue weighted by Crippen LogP contribution is -2.41. The molecule has 2 heterocycles. The second-order valence-corrected chi connectivity index (χ2v) is 17.9. The van der Waals surface area contributed by atoms with Crippen molar-refractivity contribution in [2.75, 3.05) is 18.8 Å². The zero-order valence-corrected chi connectivity index (χ0v) is 27.5. The molecule has 2 aliphatic rings. The van der Waals surface area contributed by atoms with Crippen LogP contribution in [0.3, 0.4) is 0 Å². The Hall–Kier alpha value is -2.38. The topological polar surface area (TPSA) is 36.9 Å². The number of rotatable bonds is 2. The Morgan fingerprint density at radius 2 is 0.927 bits per heavy atom. The van der Waals surface area contributed by atoms with E-state index in [1.807, 2.05) is 6.92 Å². The minimum Gasteiger partial charge on any atom is -0.399 e. The Kier molecular flexibility index (Phi) is 7.22. The fraction of sp³-hybridized carbons (Fsp3) is 0.471. The maximum absolute atomic E-state index is 6.41. The van der Waals surface area contributed by atoms with Crippen molar-refractivity contribution in [1.29, 1.82) is 0 Å². The van der Waals surface area contributed by atoms with Gasteiger partial charge in [-0.25, -0.2) is 0 Å². The second kappa shape index (κ2) is 9.84. The van der Waals surface area contributed by atoms with Crippen LogP contribution in [0.2, 0.25) is 0 Å². The van der Waals surface area contributed by atoms with Crippen molar-refractivity contribution < 1.29 is 18.6 Å². The summed E-state index contributed by atoms with van der Waals surface area (Å²) in [6.07, 6.45) is 6.65. The smallest absolute Gasteiger partial charge is 0.399 e. The van der Waals surface area contributed by atoms with Gasteiger partial charge < -0.3 is 18.6 Å². The third-order valence-corrected chi connectivity index (χ3v) is 9.66. The van der Waals surface area contributed by atoms with Gasteiger partial charge in [-0.05, 0) is 119 Å². The first-order valence-electron chi connectivity index (χ1n) is 14.2. The monoisotopic (exact) mass is 568 g/mol. The van der Waals surface area contributed by atoms with Gasteiger partial charge in [0.1, 0.15) is 0 Å². The molecule has 0 unspecified atom stereocenters. The van der Waals surface area contributed by atoms with Gasteiger partial charge in [-0.1, -0.05) is 48.2 Å². The molecule has 2 fully saturated rings. The highest BCUT2D eigenvalue weighted by atomic mass is 32.3. The minimum atomic E-state index is -1.06. The molecule has 7 heteroatoms. The van der Waals surface area contributed by atoms with Gasteiger partial charge in [0.25, 0.3) is 0 Å². The van der Waals surface area contributed by atoms with Gasteiger partial charge in [-0.15, -0.1) is 5.92 Å². The molecule has 214 valence electrons. The molecule has 0 radical (unpaired) electrons. The van der Waals surface area contributed by atoms with Crippen LogP contribution in [0, 0.1) is 23.0 Å². The molecular weight excluding hydrogens is 526 g/mol. The highest BCUT2D eigenvalue weighted by Gasteiger charge is 2.52. The van der Waals surface area contributed by atoms with Crippen molar-refractivity contribution in [3.05, 3.63) is 47.5 Å². The van der Waals surface area contributed by atoms with E-state index < -0.39 is 46.7 Å². The van der Waals surface area contributed by atoms with Gasteiger partial charge in [0, 0.05) is 11.1 Å². The van der Waals surface area contributed by atoms with E-state index in [1.165, 1.54) is 0 Å². The average molecular weight is 568 g/mol. The molecule has 0 atom stereocenters. The number of hydrogen-bond acceptors (Lipinski definition) is 4. The van der Waals surface area contributed by atoms with Crippen LogP contribution in [0.4, 0.5) is 0 Å². The largest absolute Gasteiger partial charge is 0.494 e. The molecule has 0 amide bonds. The van der Waals surface area contributed by atoms with Gasteiger partial charge in [-0.2, -0.15) is 10.0 Å². The van der Waals surface area contributed by atoms with E-state index in [0.29, 0.717) is 0 Å². The molecule has 2 aliphatic heterocycles. The van der Waals surface area contributed by atoms with Crippen LogP contribution in [-0.2, 0) is 18.6 Å². The molecule has 3 aromatic rings. The van der Waals surface area contributed by atoms with Crippen molar-refractivity contribution >= 4 is 56.7 Å². The van der Waals surface area contributed by atoms with Crippen LogP contribution in [0.15, 0.2) is 36.4 Å². The summed E-state index contributed by atoms with van der Waals surface area (Å²) in [5.41, 5.74) is 2.25. The first-order valence-corrected chi connectivity index (χ1v) is 17.1. The summed E-state index contributed by atoms with van der Waals surface area (Å²) in [5, 5.41) is 7.80. The molecular formula is C34H42B2O4S. The van der Waals surface area contributed by atoms with E-state index in [4.69, 9.17) is 18.6 Å². The Morgan fingerprint density at radius 3 is 1.27 bits per heavy atom. The molecule has 0 spiro atoms. The molecule has 0 N–H and O–H groups in total. The Morgan fingerprint density at radius 1 is 0.561 bits per heavy atom. The highest BCUT2D eigenvalue weighted by molar-refractivity contribution is 8.36. The third kappa shape index (κ3) is 5.33. The molecule has 5 rings (SSSR count). The number of benzene rings is 3. The van der Waals surface area contributed by atoms with Crippen molar-refractivity contribution in [2.24, 2.45) is 0 Å². The fourth-order valence-electron chi connectivity index (χ4n) is 5.11. The standard InChI is InChI=1S/C34H42B2O4S/c1-13-14-25-26-17-15-24(36-39-33(6,7)34(8,9)40-36)22-30(26)28(19-20-41(10,11)12)27-18-16-23(21-29(25)27)35-37-31(2,3)32(4,5)38-35/h15-18,21-22H,1-12H3. The van der Waals surface area contributed by atoms with E-state index in [0.717, 1.165) is 43.6 Å². The Labute approximate surface area is 248 Å². The van der Waals surface area contributed by atoms with Gasteiger partial charge >= 0.3 is 14.2 Å². The van der Waals surface area contributed by atoms with Crippen LogP contribution in [-0.4, -0.2) is 55.4 Å². The Bertz CT molecular complexity index is 1640. The maximum Gasteiger partial charge on any atom is 0.494 e. The van der Waals surface area contributed by atoms with Gasteiger partial charge in [0.15, 0.2) is 0 Å². The highest BCUT2D eigenvalue weighted by Crippen LogP contribution is 2.40. The zero-order valence-electron chi connectivity index (χ0n) is 26.7. The molecule has 0 aliphatic carbocycles. The van der Waals surface area contributed by atoms with E-state index >= 15 is 0 Å². The summed E-state index contributed by atoms with van der Waals surface area (Å²) in [6.45, 7) is 18.5. The summed E-state index contributed by atoms with van der Waals surface area (Å²) < 4.78 is 25.6. The lowest BCUT2D eigenvalue weighted by molar-refractivity contribution is 0.00578. The lowest BCUT2D eigenvalue weighted by Gasteiger charge is -2.32. The molecule has 41 heavy (non-hydrogen) atoms. The van der Waals surface area contributed by atoms with Gasteiger partial charge in [0.2, 0.25) is 0 Å². The molecule has 3 aromatic carbocycles. The SMILES string of the molecule is CC#Cc1c2ccc(B3OC(C)(C)C(C)(C)O3)cc2c(C#CS(C)(C)C)c2ccc(B3OC(C)(C)C(C)(C)O3)cc12.